The third kappa shape index (κ3) is 4.77. The van der Waals surface area contributed by atoms with Crippen molar-refractivity contribution in [2.75, 3.05) is 26.9 Å². The summed E-state index contributed by atoms with van der Waals surface area (Å²) in [5, 5.41) is 9.53. The molecular formula is C22H27NO7S. The first-order valence-electron chi connectivity index (χ1n) is 10.1. The molecule has 0 aromatic heterocycles. The molecule has 168 valence electrons. The number of hydrogen-bond donors (Lipinski definition) is 1. The van der Waals surface area contributed by atoms with Crippen LogP contribution >= 0.6 is 0 Å². The molecule has 0 aliphatic carbocycles. The molecule has 1 N–H and O–H groups in total. The van der Waals surface area contributed by atoms with Crippen LogP contribution in [0.5, 0.6) is 17.2 Å². The summed E-state index contributed by atoms with van der Waals surface area (Å²) < 4.78 is 44.5. The first kappa shape index (κ1) is 22.9. The topological polar surface area (TPSA) is 102 Å². The number of rotatable bonds is 9. The molecule has 1 atom stereocenters. The standard InChI is InChI=1S/C22H27NO7S/c1-4-29-20-12-15-10-11-23(31(26,27)17-8-6-16(28-3)7-9-17)19(14-22(24)25)18(15)13-21(20)30-5-2/h6-9,12-13,19H,4-5,10-11,14H2,1-3H3,(H,24,25)/t19-/m1/s1. The number of benzene rings is 2. The molecule has 1 aliphatic rings. The lowest BCUT2D eigenvalue weighted by Gasteiger charge is -2.36. The van der Waals surface area contributed by atoms with E-state index in [2.05, 4.69) is 0 Å². The minimum absolute atomic E-state index is 0.0862. The monoisotopic (exact) mass is 449 g/mol. The van der Waals surface area contributed by atoms with E-state index in [0.717, 1.165) is 5.56 Å². The van der Waals surface area contributed by atoms with Crippen LogP contribution in [0.2, 0.25) is 0 Å². The van der Waals surface area contributed by atoms with Crippen LogP contribution in [0, 0.1) is 0 Å². The SMILES string of the molecule is CCOc1cc2c(cc1OCC)[C@@H](CC(=O)O)N(S(=O)(=O)c1ccc(OC)cc1)CC2. The van der Waals surface area contributed by atoms with Crippen molar-refractivity contribution in [1.29, 1.82) is 0 Å². The Kier molecular flexibility index (Phi) is 7.07. The van der Waals surface area contributed by atoms with Gasteiger partial charge in [0.1, 0.15) is 5.75 Å². The lowest BCUT2D eigenvalue weighted by molar-refractivity contribution is -0.138. The van der Waals surface area contributed by atoms with Crippen molar-refractivity contribution in [2.24, 2.45) is 0 Å². The quantitative estimate of drug-likeness (QED) is 0.627. The minimum atomic E-state index is -3.93. The highest BCUT2D eigenvalue weighted by Gasteiger charge is 2.38. The minimum Gasteiger partial charge on any atom is -0.497 e. The maximum atomic E-state index is 13.4. The maximum Gasteiger partial charge on any atom is 0.305 e. The van der Waals surface area contributed by atoms with Gasteiger partial charge in [0.2, 0.25) is 10.0 Å². The van der Waals surface area contributed by atoms with Crippen LogP contribution in [0.15, 0.2) is 41.3 Å². The Bertz CT molecular complexity index is 1030. The average molecular weight is 450 g/mol. The van der Waals surface area contributed by atoms with Crippen molar-refractivity contribution >= 4 is 16.0 Å². The number of fused-ring (bicyclic) bond motifs is 1. The van der Waals surface area contributed by atoms with E-state index < -0.39 is 22.0 Å². The highest BCUT2D eigenvalue weighted by Crippen LogP contribution is 2.41. The molecule has 0 bridgehead atoms. The first-order valence-corrected chi connectivity index (χ1v) is 11.6. The molecule has 0 saturated heterocycles. The van der Waals surface area contributed by atoms with Crippen LogP contribution in [0.4, 0.5) is 0 Å². The lowest BCUT2D eigenvalue weighted by Crippen LogP contribution is -2.41. The molecule has 8 nitrogen and oxygen atoms in total. The Labute approximate surface area is 182 Å². The number of carboxylic acid groups (broad SMARTS) is 1. The molecule has 9 heteroatoms. The summed E-state index contributed by atoms with van der Waals surface area (Å²) >= 11 is 0. The third-order valence-electron chi connectivity index (χ3n) is 5.15. The van der Waals surface area contributed by atoms with Crippen molar-refractivity contribution in [2.45, 2.75) is 37.6 Å². The molecule has 1 aliphatic heterocycles. The zero-order valence-electron chi connectivity index (χ0n) is 17.8. The van der Waals surface area contributed by atoms with Gasteiger partial charge in [-0.05, 0) is 67.8 Å². The summed E-state index contributed by atoms with van der Waals surface area (Å²) in [6.45, 7) is 4.72. The molecule has 0 saturated carbocycles. The zero-order valence-corrected chi connectivity index (χ0v) is 18.6. The second kappa shape index (κ2) is 9.57. The predicted molar refractivity (Wildman–Crippen MR) is 114 cm³/mol. The van der Waals surface area contributed by atoms with Gasteiger partial charge in [0.25, 0.3) is 0 Å². The Morgan fingerprint density at radius 2 is 1.71 bits per heavy atom. The zero-order chi connectivity index (χ0) is 22.6. The van der Waals surface area contributed by atoms with Gasteiger partial charge in [0.15, 0.2) is 11.5 Å². The number of nitrogens with zero attached hydrogens (tertiary/aromatic N) is 1. The van der Waals surface area contributed by atoms with E-state index in [0.29, 0.717) is 42.4 Å². The van der Waals surface area contributed by atoms with E-state index in [1.165, 1.54) is 23.5 Å². The molecule has 0 fully saturated rings. The second-order valence-corrected chi connectivity index (χ2v) is 8.91. The fourth-order valence-electron chi connectivity index (χ4n) is 3.77. The molecule has 0 unspecified atom stereocenters. The van der Waals surface area contributed by atoms with Crippen LogP contribution < -0.4 is 14.2 Å². The van der Waals surface area contributed by atoms with Gasteiger partial charge >= 0.3 is 5.97 Å². The Balaban J connectivity index is 2.07. The molecular weight excluding hydrogens is 422 g/mol. The van der Waals surface area contributed by atoms with Gasteiger partial charge in [-0.1, -0.05) is 0 Å². The van der Waals surface area contributed by atoms with Crippen LogP contribution in [0.25, 0.3) is 0 Å². The largest absolute Gasteiger partial charge is 0.497 e. The Morgan fingerprint density at radius 3 is 2.26 bits per heavy atom. The molecule has 0 radical (unpaired) electrons. The Morgan fingerprint density at radius 1 is 1.10 bits per heavy atom. The molecule has 2 aromatic carbocycles. The smallest absolute Gasteiger partial charge is 0.305 e. The number of sulfonamides is 1. The number of carbonyl (C=O) groups is 1. The molecule has 31 heavy (non-hydrogen) atoms. The fraction of sp³-hybridized carbons (Fsp3) is 0.409. The van der Waals surface area contributed by atoms with E-state index in [4.69, 9.17) is 14.2 Å². The molecule has 3 rings (SSSR count). The van der Waals surface area contributed by atoms with Gasteiger partial charge < -0.3 is 19.3 Å². The summed E-state index contributed by atoms with van der Waals surface area (Å²) in [5.41, 5.74) is 1.48. The summed E-state index contributed by atoms with van der Waals surface area (Å²) in [6, 6.07) is 8.75. The van der Waals surface area contributed by atoms with E-state index in [1.54, 1.807) is 18.2 Å². The van der Waals surface area contributed by atoms with Crippen molar-refractivity contribution in [3.63, 3.8) is 0 Å². The Hall–Kier alpha value is -2.78. The molecule has 1 heterocycles. The van der Waals surface area contributed by atoms with Crippen LogP contribution in [-0.2, 0) is 21.2 Å². The fourth-order valence-corrected chi connectivity index (χ4v) is 5.38. The molecule has 2 aromatic rings. The average Bonchev–Trinajstić information content (AvgIpc) is 2.74. The number of aliphatic carboxylic acids is 1. The molecule has 0 spiro atoms. The number of carboxylic acids is 1. The van der Waals surface area contributed by atoms with Crippen LogP contribution in [0.3, 0.4) is 0 Å². The van der Waals surface area contributed by atoms with E-state index in [9.17, 15) is 18.3 Å². The van der Waals surface area contributed by atoms with Gasteiger partial charge in [-0.15, -0.1) is 0 Å². The van der Waals surface area contributed by atoms with Gasteiger partial charge in [-0.25, -0.2) is 8.42 Å². The van der Waals surface area contributed by atoms with E-state index in [1.807, 2.05) is 19.9 Å². The number of hydrogen-bond acceptors (Lipinski definition) is 6. The van der Waals surface area contributed by atoms with Gasteiger partial charge in [0.05, 0.1) is 37.7 Å². The highest BCUT2D eigenvalue weighted by molar-refractivity contribution is 7.89. The van der Waals surface area contributed by atoms with Gasteiger partial charge in [0, 0.05) is 6.54 Å². The van der Waals surface area contributed by atoms with E-state index >= 15 is 0 Å². The highest BCUT2D eigenvalue weighted by atomic mass is 32.2. The van der Waals surface area contributed by atoms with Gasteiger partial charge in [-0.3, -0.25) is 4.79 Å². The first-order chi connectivity index (χ1) is 14.8. The van der Waals surface area contributed by atoms with Gasteiger partial charge in [-0.2, -0.15) is 4.31 Å². The summed E-state index contributed by atoms with van der Waals surface area (Å²) in [7, 11) is -2.43. The van der Waals surface area contributed by atoms with Crippen molar-refractivity contribution in [1.82, 2.24) is 4.31 Å². The van der Waals surface area contributed by atoms with Crippen molar-refractivity contribution in [3.8, 4) is 17.2 Å². The second-order valence-electron chi connectivity index (χ2n) is 7.02. The predicted octanol–water partition coefficient (Wildman–Crippen LogP) is 3.26. The van der Waals surface area contributed by atoms with Crippen LogP contribution in [0.1, 0.15) is 37.4 Å². The van der Waals surface area contributed by atoms with E-state index in [-0.39, 0.29) is 17.9 Å². The lowest BCUT2D eigenvalue weighted by atomic mass is 9.91. The van der Waals surface area contributed by atoms with Crippen LogP contribution in [-0.4, -0.2) is 50.7 Å². The maximum absolute atomic E-state index is 13.4. The molecule has 0 amide bonds. The summed E-state index contributed by atoms with van der Waals surface area (Å²) in [5.74, 6) is 0.500. The summed E-state index contributed by atoms with van der Waals surface area (Å²) in [6.07, 6.45) is 0.0786. The number of methoxy groups -OCH3 is 1. The number of ether oxygens (including phenoxy) is 3. The van der Waals surface area contributed by atoms with Crippen molar-refractivity contribution in [3.05, 3.63) is 47.5 Å². The summed E-state index contributed by atoms with van der Waals surface area (Å²) in [4.78, 5) is 11.7. The third-order valence-corrected chi connectivity index (χ3v) is 7.07. The normalized spacial score (nSPS) is 16.4. The van der Waals surface area contributed by atoms with Crippen molar-refractivity contribution < 1.29 is 32.5 Å².